The maximum atomic E-state index is 12.7. The predicted molar refractivity (Wildman–Crippen MR) is 78.5 cm³/mol. The van der Waals surface area contributed by atoms with Crippen molar-refractivity contribution in [3.63, 3.8) is 0 Å². The largest absolute Gasteiger partial charge is 0.505 e. The highest BCUT2D eigenvalue weighted by Crippen LogP contribution is 2.37. The summed E-state index contributed by atoms with van der Waals surface area (Å²) in [6.45, 7) is 0.800. The van der Waals surface area contributed by atoms with Crippen molar-refractivity contribution in [2.75, 3.05) is 12.3 Å². The number of para-hydroxylation sites is 1. The van der Waals surface area contributed by atoms with E-state index in [1.165, 1.54) is 25.7 Å². The van der Waals surface area contributed by atoms with Crippen LogP contribution in [0, 0.1) is 5.92 Å². The van der Waals surface area contributed by atoms with Crippen molar-refractivity contribution in [1.29, 1.82) is 0 Å². The fourth-order valence-corrected chi connectivity index (χ4v) is 3.77. The van der Waals surface area contributed by atoms with Crippen LogP contribution in [0.4, 0.5) is 5.69 Å². The maximum absolute atomic E-state index is 12.7. The first-order chi connectivity index (χ1) is 9.68. The Morgan fingerprint density at radius 2 is 1.95 bits per heavy atom. The van der Waals surface area contributed by atoms with Gasteiger partial charge in [-0.2, -0.15) is 0 Å². The molecule has 3 rings (SSSR count). The fourth-order valence-electron chi connectivity index (χ4n) is 3.77. The van der Waals surface area contributed by atoms with Gasteiger partial charge in [0.1, 0.15) is 0 Å². The van der Waals surface area contributed by atoms with Crippen LogP contribution in [0.25, 0.3) is 0 Å². The lowest BCUT2D eigenvalue weighted by atomic mass is 9.95. The number of anilines is 1. The van der Waals surface area contributed by atoms with Crippen LogP contribution in [-0.4, -0.2) is 28.5 Å². The monoisotopic (exact) mass is 274 g/mol. The van der Waals surface area contributed by atoms with E-state index in [9.17, 15) is 9.90 Å². The summed E-state index contributed by atoms with van der Waals surface area (Å²) < 4.78 is 0. The summed E-state index contributed by atoms with van der Waals surface area (Å²) in [7, 11) is 0. The number of nitrogens with zero attached hydrogens (tertiary/aromatic N) is 1. The van der Waals surface area contributed by atoms with Crippen molar-refractivity contribution >= 4 is 11.6 Å². The topological polar surface area (TPSA) is 66.6 Å². The van der Waals surface area contributed by atoms with E-state index in [0.717, 1.165) is 19.4 Å². The van der Waals surface area contributed by atoms with Crippen molar-refractivity contribution < 1.29 is 9.90 Å². The molecule has 1 atom stereocenters. The van der Waals surface area contributed by atoms with Crippen LogP contribution in [-0.2, 0) is 0 Å². The van der Waals surface area contributed by atoms with Gasteiger partial charge in [-0.05, 0) is 43.7 Å². The molecule has 1 unspecified atom stereocenters. The van der Waals surface area contributed by atoms with Crippen molar-refractivity contribution in [1.82, 2.24) is 4.90 Å². The molecule has 0 spiro atoms. The van der Waals surface area contributed by atoms with E-state index in [1.54, 1.807) is 18.2 Å². The van der Waals surface area contributed by atoms with Crippen LogP contribution in [0.15, 0.2) is 18.2 Å². The molecule has 2 fully saturated rings. The van der Waals surface area contributed by atoms with Gasteiger partial charge in [-0.3, -0.25) is 4.79 Å². The van der Waals surface area contributed by atoms with Crippen molar-refractivity contribution in [3.05, 3.63) is 23.8 Å². The van der Waals surface area contributed by atoms with Gasteiger partial charge in [0.15, 0.2) is 5.75 Å². The smallest absolute Gasteiger partial charge is 0.257 e. The first-order valence-electron chi connectivity index (χ1n) is 7.57. The Morgan fingerprint density at radius 1 is 1.20 bits per heavy atom. The summed E-state index contributed by atoms with van der Waals surface area (Å²) >= 11 is 0. The van der Waals surface area contributed by atoms with Crippen molar-refractivity contribution in [3.8, 4) is 5.75 Å². The lowest BCUT2D eigenvalue weighted by Crippen LogP contribution is -2.39. The van der Waals surface area contributed by atoms with Crippen LogP contribution < -0.4 is 5.73 Å². The molecule has 0 radical (unpaired) electrons. The second-order valence-electron chi connectivity index (χ2n) is 6.00. The van der Waals surface area contributed by atoms with Crippen molar-refractivity contribution in [2.24, 2.45) is 5.92 Å². The van der Waals surface area contributed by atoms with Crippen LogP contribution in [0.5, 0.6) is 5.75 Å². The summed E-state index contributed by atoms with van der Waals surface area (Å²) in [5, 5.41) is 10.0. The zero-order valence-corrected chi connectivity index (χ0v) is 11.7. The van der Waals surface area contributed by atoms with E-state index in [2.05, 4.69) is 0 Å². The minimum Gasteiger partial charge on any atom is -0.505 e. The van der Waals surface area contributed by atoms with Gasteiger partial charge in [-0.25, -0.2) is 0 Å². The number of hydrogen-bond acceptors (Lipinski definition) is 3. The third-order valence-corrected chi connectivity index (χ3v) is 4.80. The van der Waals surface area contributed by atoms with E-state index in [1.807, 2.05) is 4.90 Å². The molecule has 1 aliphatic carbocycles. The molecule has 3 N–H and O–H groups in total. The average Bonchev–Trinajstić information content (AvgIpc) is 3.10. The third-order valence-electron chi connectivity index (χ3n) is 4.80. The number of phenolic OH excluding ortho intramolecular Hbond substituents is 1. The number of nitrogens with two attached hydrogens (primary N) is 1. The van der Waals surface area contributed by atoms with E-state index in [0.29, 0.717) is 17.5 Å². The van der Waals surface area contributed by atoms with Crippen LogP contribution in [0.3, 0.4) is 0 Å². The third kappa shape index (κ3) is 2.23. The molecule has 1 aromatic carbocycles. The zero-order valence-electron chi connectivity index (χ0n) is 11.7. The summed E-state index contributed by atoms with van der Waals surface area (Å²) in [5.41, 5.74) is 6.31. The van der Waals surface area contributed by atoms with E-state index in [-0.39, 0.29) is 17.3 Å². The lowest BCUT2D eigenvalue weighted by Gasteiger charge is -2.29. The number of phenols is 1. The van der Waals surface area contributed by atoms with Gasteiger partial charge < -0.3 is 15.7 Å². The quantitative estimate of drug-likeness (QED) is 0.643. The minimum absolute atomic E-state index is 0.0656. The number of carbonyl (C=O) groups is 1. The molecule has 1 saturated carbocycles. The molecule has 0 bridgehead atoms. The Balaban J connectivity index is 1.83. The fraction of sp³-hybridized carbons (Fsp3) is 0.562. The van der Waals surface area contributed by atoms with Gasteiger partial charge in [-0.1, -0.05) is 18.9 Å². The predicted octanol–water partition coefficient (Wildman–Crippen LogP) is 2.77. The lowest BCUT2D eigenvalue weighted by molar-refractivity contribution is 0.0686. The molecule has 0 aromatic heterocycles. The molecular weight excluding hydrogens is 252 g/mol. The second-order valence-corrected chi connectivity index (χ2v) is 6.00. The summed E-state index contributed by atoms with van der Waals surface area (Å²) in [6.07, 6.45) is 7.20. The number of carbonyl (C=O) groups excluding carboxylic acids is 1. The maximum Gasteiger partial charge on any atom is 0.257 e. The van der Waals surface area contributed by atoms with Gasteiger partial charge in [0, 0.05) is 12.6 Å². The molecule has 108 valence electrons. The Hall–Kier alpha value is -1.71. The summed E-state index contributed by atoms with van der Waals surface area (Å²) in [4.78, 5) is 14.7. The number of amides is 1. The number of nitrogen functional groups attached to an aromatic ring is 1. The van der Waals surface area contributed by atoms with E-state index < -0.39 is 0 Å². The molecule has 1 aliphatic heterocycles. The van der Waals surface area contributed by atoms with Gasteiger partial charge in [0.2, 0.25) is 0 Å². The average molecular weight is 274 g/mol. The van der Waals surface area contributed by atoms with E-state index >= 15 is 0 Å². The number of hydrogen-bond donors (Lipinski definition) is 2. The summed E-state index contributed by atoms with van der Waals surface area (Å²) in [5.74, 6) is 0.503. The molecule has 4 nitrogen and oxygen atoms in total. The molecule has 1 amide bonds. The molecule has 4 heteroatoms. The zero-order chi connectivity index (χ0) is 14.1. The highest BCUT2D eigenvalue weighted by Gasteiger charge is 2.36. The molecule has 1 heterocycles. The number of aromatic hydroxyl groups is 1. The van der Waals surface area contributed by atoms with Crippen molar-refractivity contribution in [2.45, 2.75) is 44.6 Å². The Morgan fingerprint density at radius 3 is 2.70 bits per heavy atom. The van der Waals surface area contributed by atoms with Crippen LogP contribution in [0.1, 0.15) is 48.9 Å². The van der Waals surface area contributed by atoms with Crippen LogP contribution >= 0.6 is 0 Å². The standard InChI is InChI=1S/C16H22N2O2/c17-13-8-3-7-12(15(13)19)16(20)18-10-4-9-14(18)11-5-1-2-6-11/h3,7-8,11,14,19H,1-2,4-6,9-10,17H2. The molecule has 1 aromatic rings. The first-order valence-corrected chi connectivity index (χ1v) is 7.57. The number of benzene rings is 1. The molecular formula is C16H22N2O2. The first kappa shape index (κ1) is 13.3. The van der Waals surface area contributed by atoms with E-state index in [4.69, 9.17) is 5.73 Å². The van der Waals surface area contributed by atoms with Gasteiger partial charge in [-0.15, -0.1) is 0 Å². The highest BCUT2D eigenvalue weighted by atomic mass is 16.3. The number of likely N-dealkylation sites (tertiary alicyclic amines) is 1. The molecule has 1 saturated heterocycles. The summed E-state index contributed by atoms with van der Waals surface area (Å²) in [6, 6.07) is 5.36. The van der Waals surface area contributed by atoms with Gasteiger partial charge >= 0.3 is 0 Å². The SMILES string of the molecule is Nc1cccc(C(=O)N2CCCC2C2CCCC2)c1O. The highest BCUT2D eigenvalue weighted by molar-refractivity contribution is 5.98. The number of rotatable bonds is 2. The normalized spacial score (nSPS) is 23.4. The second kappa shape index (κ2) is 5.35. The Kier molecular flexibility index (Phi) is 3.55. The Bertz CT molecular complexity index is 509. The van der Waals surface area contributed by atoms with Gasteiger partial charge in [0.05, 0.1) is 11.3 Å². The van der Waals surface area contributed by atoms with Gasteiger partial charge in [0.25, 0.3) is 5.91 Å². The molecule has 2 aliphatic rings. The molecule has 20 heavy (non-hydrogen) atoms. The van der Waals surface area contributed by atoms with Crippen LogP contribution in [0.2, 0.25) is 0 Å². The Labute approximate surface area is 119 Å². The minimum atomic E-state index is -0.0745.